The lowest BCUT2D eigenvalue weighted by atomic mass is 10.0. The van der Waals surface area contributed by atoms with E-state index in [1.165, 1.54) is 4.90 Å². The van der Waals surface area contributed by atoms with Gasteiger partial charge >= 0.3 is 11.9 Å². The van der Waals surface area contributed by atoms with Gasteiger partial charge in [0.05, 0.1) is 6.04 Å². The zero-order valence-electron chi connectivity index (χ0n) is 20.7. The Bertz CT molecular complexity index is 938. The summed E-state index contributed by atoms with van der Waals surface area (Å²) in [6.07, 6.45) is 0.995. The standard InChI is InChI=1S/C25H36N4O7/c1-15(2)13-18(22(32)28-19(25(35)36)14-16-7-4-3-5-8-16)27-23(33)20-9-6-12-29(20)24(34)17(26)10-11-21(30)31/h3-5,7-8,15,17-20H,6,9-14,26H2,1-2H3,(H,27,33)(H,28,32)(H,30,31)(H,35,36). The maximum Gasteiger partial charge on any atom is 0.326 e. The number of nitrogens with zero attached hydrogens (tertiary/aromatic N) is 1. The minimum absolute atomic E-state index is 0.0178. The van der Waals surface area contributed by atoms with Crippen molar-refractivity contribution in [2.24, 2.45) is 11.7 Å². The Morgan fingerprint density at radius 1 is 1.06 bits per heavy atom. The van der Waals surface area contributed by atoms with E-state index in [4.69, 9.17) is 10.8 Å². The van der Waals surface area contributed by atoms with E-state index < -0.39 is 53.8 Å². The molecule has 0 spiro atoms. The predicted molar refractivity (Wildman–Crippen MR) is 131 cm³/mol. The summed E-state index contributed by atoms with van der Waals surface area (Å²) in [6.45, 7) is 4.05. The molecule has 6 N–H and O–H groups in total. The second-order valence-corrected chi connectivity index (χ2v) is 9.51. The van der Waals surface area contributed by atoms with Crippen LogP contribution in [0.2, 0.25) is 0 Å². The van der Waals surface area contributed by atoms with Crippen molar-refractivity contribution in [1.29, 1.82) is 0 Å². The van der Waals surface area contributed by atoms with Crippen molar-refractivity contribution in [3.63, 3.8) is 0 Å². The molecule has 4 atom stereocenters. The summed E-state index contributed by atoms with van der Waals surface area (Å²) in [4.78, 5) is 62.9. The summed E-state index contributed by atoms with van der Waals surface area (Å²) in [5, 5.41) is 23.7. The van der Waals surface area contributed by atoms with Crippen molar-refractivity contribution in [1.82, 2.24) is 15.5 Å². The smallest absolute Gasteiger partial charge is 0.326 e. The SMILES string of the molecule is CC(C)CC(NC(=O)C1CCCN1C(=O)C(N)CCC(=O)O)C(=O)NC(Cc1ccccc1)C(=O)O. The number of carbonyl (C=O) groups excluding carboxylic acids is 3. The number of nitrogens with one attached hydrogen (secondary N) is 2. The first-order chi connectivity index (χ1) is 17.0. The normalized spacial score (nSPS) is 17.8. The lowest BCUT2D eigenvalue weighted by Gasteiger charge is -2.29. The van der Waals surface area contributed by atoms with Crippen LogP contribution < -0.4 is 16.4 Å². The first-order valence-electron chi connectivity index (χ1n) is 12.1. The molecule has 3 amide bonds. The highest BCUT2D eigenvalue weighted by molar-refractivity contribution is 5.94. The second kappa shape index (κ2) is 13.6. The molecule has 11 nitrogen and oxygen atoms in total. The van der Waals surface area contributed by atoms with Crippen LogP contribution in [-0.4, -0.2) is 75.5 Å². The number of amides is 3. The van der Waals surface area contributed by atoms with Gasteiger partial charge in [0.1, 0.15) is 18.1 Å². The molecule has 1 aromatic rings. The van der Waals surface area contributed by atoms with Crippen molar-refractivity contribution in [3.8, 4) is 0 Å². The van der Waals surface area contributed by atoms with Gasteiger partial charge in [0.25, 0.3) is 0 Å². The molecule has 0 radical (unpaired) electrons. The van der Waals surface area contributed by atoms with Crippen LogP contribution in [0.15, 0.2) is 30.3 Å². The maximum absolute atomic E-state index is 13.1. The number of hydrogen-bond acceptors (Lipinski definition) is 6. The van der Waals surface area contributed by atoms with Crippen LogP contribution in [0.25, 0.3) is 0 Å². The van der Waals surface area contributed by atoms with Gasteiger partial charge in [-0.15, -0.1) is 0 Å². The molecule has 11 heteroatoms. The molecule has 1 fully saturated rings. The van der Waals surface area contributed by atoms with E-state index in [1.54, 1.807) is 24.3 Å². The largest absolute Gasteiger partial charge is 0.481 e. The van der Waals surface area contributed by atoms with Gasteiger partial charge < -0.3 is 31.5 Å². The maximum atomic E-state index is 13.1. The molecule has 198 valence electrons. The summed E-state index contributed by atoms with van der Waals surface area (Å²) >= 11 is 0. The quantitative estimate of drug-likeness (QED) is 0.258. The third-order valence-electron chi connectivity index (χ3n) is 6.06. The molecular formula is C25H36N4O7. The summed E-state index contributed by atoms with van der Waals surface area (Å²) in [7, 11) is 0. The monoisotopic (exact) mass is 504 g/mol. The Morgan fingerprint density at radius 3 is 2.31 bits per heavy atom. The van der Waals surface area contributed by atoms with Gasteiger partial charge in [-0.25, -0.2) is 4.79 Å². The third kappa shape index (κ3) is 8.63. The minimum atomic E-state index is -1.19. The zero-order valence-corrected chi connectivity index (χ0v) is 20.7. The Labute approximate surface area is 210 Å². The molecule has 4 unspecified atom stereocenters. The lowest BCUT2D eigenvalue weighted by molar-refractivity contribution is -0.143. The number of rotatable bonds is 13. The molecule has 0 aromatic heterocycles. The summed E-state index contributed by atoms with van der Waals surface area (Å²) in [5.41, 5.74) is 6.61. The highest BCUT2D eigenvalue weighted by Crippen LogP contribution is 2.20. The number of carboxylic acid groups (broad SMARTS) is 2. The highest BCUT2D eigenvalue weighted by Gasteiger charge is 2.38. The van der Waals surface area contributed by atoms with Gasteiger partial charge in [-0.05, 0) is 37.2 Å². The average molecular weight is 505 g/mol. The lowest BCUT2D eigenvalue weighted by Crippen LogP contribution is -2.57. The van der Waals surface area contributed by atoms with E-state index >= 15 is 0 Å². The fraction of sp³-hybridized carbons (Fsp3) is 0.560. The van der Waals surface area contributed by atoms with Crippen LogP contribution in [0.3, 0.4) is 0 Å². The Kier molecular flexibility index (Phi) is 10.8. The van der Waals surface area contributed by atoms with Gasteiger partial charge in [0, 0.05) is 19.4 Å². The van der Waals surface area contributed by atoms with E-state index in [0.29, 0.717) is 19.4 Å². The predicted octanol–water partition coefficient (Wildman–Crippen LogP) is 0.513. The van der Waals surface area contributed by atoms with E-state index in [0.717, 1.165) is 5.56 Å². The Hall–Kier alpha value is -3.47. The number of nitrogens with two attached hydrogens (primary N) is 1. The summed E-state index contributed by atoms with van der Waals surface area (Å²) in [5.74, 6) is -3.89. The van der Waals surface area contributed by atoms with Crippen molar-refractivity contribution in [2.75, 3.05) is 6.54 Å². The van der Waals surface area contributed by atoms with Gasteiger partial charge in [-0.1, -0.05) is 44.2 Å². The average Bonchev–Trinajstić information content (AvgIpc) is 3.31. The van der Waals surface area contributed by atoms with Crippen LogP contribution >= 0.6 is 0 Å². The molecular weight excluding hydrogens is 468 g/mol. The number of hydrogen-bond donors (Lipinski definition) is 5. The van der Waals surface area contributed by atoms with E-state index in [2.05, 4.69) is 10.6 Å². The molecule has 0 bridgehead atoms. The fourth-order valence-corrected chi connectivity index (χ4v) is 4.21. The molecule has 1 aliphatic heterocycles. The molecule has 1 saturated heterocycles. The van der Waals surface area contributed by atoms with Crippen LogP contribution in [0, 0.1) is 5.92 Å². The van der Waals surface area contributed by atoms with E-state index in [-0.39, 0.29) is 31.6 Å². The zero-order chi connectivity index (χ0) is 26.8. The minimum Gasteiger partial charge on any atom is -0.481 e. The van der Waals surface area contributed by atoms with E-state index in [1.807, 2.05) is 19.9 Å². The van der Waals surface area contributed by atoms with Crippen LogP contribution in [0.5, 0.6) is 0 Å². The van der Waals surface area contributed by atoms with Crippen molar-refractivity contribution < 1.29 is 34.2 Å². The first-order valence-corrected chi connectivity index (χ1v) is 12.1. The van der Waals surface area contributed by atoms with Gasteiger partial charge in [-0.3, -0.25) is 19.2 Å². The molecule has 1 aromatic carbocycles. The van der Waals surface area contributed by atoms with Crippen LogP contribution in [0.4, 0.5) is 0 Å². The van der Waals surface area contributed by atoms with Crippen molar-refractivity contribution in [2.45, 2.75) is 76.5 Å². The van der Waals surface area contributed by atoms with Gasteiger partial charge in [0.15, 0.2) is 0 Å². The molecule has 1 aliphatic rings. The molecule has 36 heavy (non-hydrogen) atoms. The van der Waals surface area contributed by atoms with Crippen molar-refractivity contribution >= 4 is 29.7 Å². The number of carbonyl (C=O) groups is 5. The van der Waals surface area contributed by atoms with Crippen molar-refractivity contribution in [3.05, 3.63) is 35.9 Å². The number of benzene rings is 1. The molecule has 0 aliphatic carbocycles. The number of likely N-dealkylation sites (tertiary alicyclic amines) is 1. The van der Waals surface area contributed by atoms with E-state index in [9.17, 15) is 29.1 Å². The highest BCUT2D eigenvalue weighted by atomic mass is 16.4. The first kappa shape index (κ1) is 28.8. The van der Waals surface area contributed by atoms with Gasteiger partial charge in [0.2, 0.25) is 17.7 Å². The summed E-state index contributed by atoms with van der Waals surface area (Å²) in [6, 6.07) is 4.85. The van der Waals surface area contributed by atoms with Gasteiger partial charge in [-0.2, -0.15) is 0 Å². The second-order valence-electron chi connectivity index (χ2n) is 9.51. The molecule has 2 rings (SSSR count). The Morgan fingerprint density at radius 2 is 1.72 bits per heavy atom. The van der Waals surface area contributed by atoms with Crippen LogP contribution in [-0.2, 0) is 30.4 Å². The topological polar surface area (TPSA) is 179 Å². The number of aliphatic carboxylic acids is 2. The number of carboxylic acids is 2. The van der Waals surface area contributed by atoms with Crippen LogP contribution in [0.1, 0.15) is 51.5 Å². The third-order valence-corrected chi connectivity index (χ3v) is 6.06. The Balaban J connectivity index is 2.08. The molecule has 1 heterocycles. The summed E-state index contributed by atoms with van der Waals surface area (Å²) < 4.78 is 0. The molecule has 0 saturated carbocycles. The fourth-order valence-electron chi connectivity index (χ4n) is 4.21.